The van der Waals surface area contributed by atoms with E-state index in [-0.39, 0.29) is 12.5 Å². The molecule has 0 aliphatic heterocycles. The molecule has 1 atom stereocenters. The Balaban J connectivity index is 2.32. The molecule has 0 aliphatic carbocycles. The normalized spacial score (nSPS) is 12.4. The van der Waals surface area contributed by atoms with Crippen LogP contribution in [0.4, 0.5) is 0 Å². The molecule has 2 aromatic carbocycles. The van der Waals surface area contributed by atoms with E-state index in [1.54, 1.807) is 0 Å². The first kappa shape index (κ1) is 14.1. The molecule has 1 nitrogen and oxygen atoms in total. The van der Waals surface area contributed by atoms with Gasteiger partial charge < -0.3 is 5.11 Å². The fourth-order valence-corrected chi connectivity index (χ4v) is 2.79. The topological polar surface area (TPSA) is 20.2 Å². The van der Waals surface area contributed by atoms with E-state index in [0.717, 1.165) is 17.0 Å². The van der Waals surface area contributed by atoms with Gasteiger partial charge in [-0.05, 0) is 48.6 Å². The minimum Gasteiger partial charge on any atom is -0.396 e. The molecule has 0 aromatic heterocycles. The predicted molar refractivity (Wildman–Crippen MR) is 80.9 cm³/mol. The zero-order valence-corrected chi connectivity index (χ0v) is 12.1. The number of aryl methyl sites for hydroxylation is 2. The van der Waals surface area contributed by atoms with Crippen molar-refractivity contribution in [3.05, 3.63) is 69.7 Å². The molecule has 1 unspecified atom stereocenters. The lowest BCUT2D eigenvalue weighted by molar-refractivity contribution is 0.264. The third-order valence-electron chi connectivity index (χ3n) is 3.66. The van der Waals surface area contributed by atoms with Crippen LogP contribution in [-0.4, -0.2) is 11.7 Å². The minimum atomic E-state index is 0.0495. The molecule has 0 radical (unpaired) electrons. The summed E-state index contributed by atoms with van der Waals surface area (Å²) in [5.74, 6) is 0.0495. The third-order valence-corrected chi connectivity index (χ3v) is 4.00. The van der Waals surface area contributed by atoms with E-state index in [9.17, 15) is 5.11 Å². The van der Waals surface area contributed by atoms with Gasteiger partial charge in [0, 0.05) is 10.9 Å². The van der Waals surface area contributed by atoms with Crippen molar-refractivity contribution in [2.24, 2.45) is 0 Å². The summed E-state index contributed by atoms with van der Waals surface area (Å²) in [6, 6.07) is 14.1. The fourth-order valence-electron chi connectivity index (χ4n) is 2.50. The molecular formula is C17H19ClO. The number of hydrogen-bond donors (Lipinski definition) is 1. The second-order valence-electron chi connectivity index (χ2n) is 4.98. The van der Waals surface area contributed by atoms with Gasteiger partial charge in [0.05, 0.1) is 6.61 Å². The van der Waals surface area contributed by atoms with Crippen LogP contribution in [0.1, 0.15) is 28.2 Å². The Morgan fingerprint density at radius 2 is 1.63 bits per heavy atom. The molecule has 19 heavy (non-hydrogen) atoms. The van der Waals surface area contributed by atoms with E-state index in [1.165, 1.54) is 16.7 Å². The molecule has 0 amide bonds. The van der Waals surface area contributed by atoms with Crippen molar-refractivity contribution in [3.63, 3.8) is 0 Å². The highest BCUT2D eigenvalue weighted by Crippen LogP contribution is 2.29. The van der Waals surface area contributed by atoms with Crippen molar-refractivity contribution in [3.8, 4) is 0 Å². The fraction of sp³-hybridized carbons (Fsp3) is 0.294. The van der Waals surface area contributed by atoms with Gasteiger partial charge in [0.1, 0.15) is 0 Å². The maximum atomic E-state index is 9.69. The van der Waals surface area contributed by atoms with Crippen molar-refractivity contribution in [1.82, 2.24) is 0 Å². The maximum absolute atomic E-state index is 9.69. The molecule has 100 valence electrons. The van der Waals surface area contributed by atoms with E-state index in [2.05, 4.69) is 32.0 Å². The van der Waals surface area contributed by atoms with Crippen LogP contribution in [0.15, 0.2) is 42.5 Å². The van der Waals surface area contributed by atoms with E-state index >= 15 is 0 Å². The first-order chi connectivity index (χ1) is 9.13. The Morgan fingerprint density at radius 1 is 1.00 bits per heavy atom. The summed E-state index contributed by atoms with van der Waals surface area (Å²) in [6.45, 7) is 4.34. The number of halogens is 1. The second-order valence-corrected chi connectivity index (χ2v) is 5.38. The quantitative estimate of drug-likeness (QED) is 0.882. The highest BCUT2D eigenvalue weighted by molar-refractivity contribution is 6.31. The molecule has 0 heterocycles. The maximum Gasteiger partial charge on any atom is 0.0503 e. The first-order valence-corrected chi connectivity index (χ1v) is 6.91. The van der Waals surface area contributed by atoms with Crippen LogP contribution < -0.4 is 0 Å². The monoisotopic (exact) mass is 274 g/mol. The molecule has 0 saturated heterocycles. The number of aliphatic hydroxyl groups is 1. The second kappa shape index (κ2) is 6.23. The van der Waals surface area contributed by atoms with E-state index in [1.807, 2.05) is 24.3 Å². The van der Waals surface area contributed by atoms with Crippen molar-refractivity contribution in [2.45, 2.75) is 26.2 Å². The Kier molecular flexibility index (Phi) is 4.62. The van der Waals surface area contributed by atoms with Crippen LogP contribution in [0.5, 0.6) is 0 Å². The molecule has 2 heteroatoms. The van der Waals surface area contributed by atoms with Gasteiger partial charge in [-0.15, -0.1) is 0 Å². The lowest BCUT2D eigenvalue weighted by atomic mass is 9.88. The average molecular weight is 275 g/mol. The first-order valence-electron chi connectivity index (χ1n) is 6.54. The summed E-state index contributed by atoms with van der Waals surface area (Å²) in [7, 11) is 0. The minimum absolute atomic E-state index is 0.0495. The Bertz CT molecular complexity index is 543. The molecule has 1 N–H and O–H groups in total. The SMILES string of the molecule is Cc1cccc(C)c1CC(CO)c1ccccc1Cl. The lowest BCUT2D eigenvalue weighted by Gasteiger charge is -2.19. The number of aliphatic hydroxyl groups excluding tert-OH is 1. The van der Waals surface area contributed by atoms with Gasteiger partial charge in [-0.1, -0.05) is 48.0 Å². The van der Waals surface area contributed by atoms with Crippen LogP contribution in [0.25, 0.3) is 0 Å². The third kappa shape index (κ3) is 3.17. The Hall–Kier alpha value is -1.31. The van der Waals surface area contributed by atoms with Gasteiger partial charge in [-0.3, -0.25) is 0 Å². The van der Waals surface area contributed by atoms with Gasteiger partial charge in [0.25, 0.3) is 0 Å². The molecule has 0 bridgehead atoms. The van der Waals surface area contributed by atoms with Crippen molar-refractivity contribution in [1.29, 1.82) is 0 Å². The largest absolute Gasteiger partial charge is 0.396 e. The van der Waals surface area contributed by atoms with Crippen molar-refractivity contribution >= 4 is 11.6 Å². The highest BCUT2D eigenvalue weighted by atomic mass is 35.5. The highest BCUT2D eigenvalue weighted by Gasteiger charge is 2.16. The number of benzene rings is 2. The lowest BCUT2D eigenvalue weighted by Crippen LogP contribution is -2.10. The van der Waals surface area contributed by atoms with Crippen LogP contribution in [0.2, 0.25) is 5.02 Å². The summed E-state index contributed by atoms with van der Waals surface area (Å²) in [5, 5.41) is 10.4. The Morgan fingerprint density at radius 3 is 2.21 bits per heavy atom. The Labute approximate surface area is 119 Å². The standard InChI is InChI=1S/C17H19ClO/c1-12-6-5-7-13(2)16(12)10-14(11-19)15-8-3-4-9-17(15)18/h3-9,14,19H,10-11H2,1-2H3. The van der Waals surface area contributed by atoms with Gasteiger partial charge in [-0.25, -0.2) is 0 Å². The molecule has 0 aliphatic rings. The van der Waals surface area contributed by atoms with Crippen molar-refractivity contribution in [2.75, 3.05) is 6.61 Å². The van der Waals surface area contributed by atoms with Gasteiger partial charge in [0.2, 0.25) is 0 Å². The van der Waals surface area contributed by atoms with E-state index < -0.39 is 0 Å². The molecule has 0 spiro atoms. The zero-order chi connectivity index (χ0) is 13.8. The number of hydrogen-bond acceptors (Lipinski definition) is 1. The smallest absolute Gasteiger partial charge is 0.0503 e. The van der Waals surface area contributed by atoms with Crippen LogP contribution >= 0.6 is 11.6 Å². The summed E-state index contributed by atoms with van der Waals surface area (Å²) < 4.78 is 0. The summed E-state index contributed by atoms with van der Waals surface area (Å²) in [4.78, 5) is 0. The molecule has 0 saturated carbocycles. The summed E-state index contributed by atoms with van der Waals surface area (Å²) in [5.41, 5.74) is 4.87. The zero-order valence-electron chi connectivity index (χ0n) is 11.4. The number of rotatable bonds is 4. The van der Waals surface area contributed by atoms with E-state index in [4.69, 9.17) is 11.6 Å². The van der Waals surface area contributed by atoms with Gasteiger partial charge >= 0.3 is 0 Å². The van der Waals surface area contributed by atoms with Gasteiger partial charge in [0.15, 0.2) is 0 Å². The molecule has 0 fully saturated rings. The summed E-state index contributed by atoms with van der Waals surface area (Å²) in [6.07, 6.45) is 0.818. The van der Waals surface area contributed by atoms with Crippen LogP contribution in [0.3, 0.4) is 0 Å². The van der Waals surface area contributed by atoms with Crippen LogP contribution in [-0.2, 0) is 6.42 Å². The molecule has 2 aromatic rings. The van der Waals surface area contributed by atoms with E-state index in [0.29, 0.717) is 0 Å². The predicted octanol–water partition coefficient (Wildman–Crippen LogP) is 4.28. The molecular weight excluding hydrogens is 256 g/mol. The van der Waals surface area contributed by atoms with Crippen LogP contribution in [0, 0.1) is 13.8 Å². The van der Waals surface area contributed by atoms with Crippen molar-refractivity contribution < 1.29 is 5.11 Å². The van der Waals surface area contributed by atoms with Gasteiger partial charge in [-0.2, -0.15) is 0 Å². The molecule has 2 rings (SSSR count). The summed E-state index contributed by atoms with van der Waals surface area (Å²) >= 11 is 6.23. The average Bonchev–Trinajstić information content (AvgIpc) is 2.40.